The lowest BCUT2D eigenvalue weighted by Crippen LogP contribution is -2.27. The van der Waals surface area contributed by atoms with Crippen molar-refractivity contribution in [1.82, 2.24) is 5.32 Å². The minimum Gasteiger partial charge on any atom is -0.478 e. The first-order valence-electron chi connectivity index (χ1n) is 5.07. The third-order valence-corrected chi connectivity index (χ3v) is 2.31. The second kappa shape index (κ2) is 6.84. The lowest BCUT2D eigenvalue weighted by Gasteiger charge is -2.12. The van der Waals surface area contributed by atoms with Crippen LogP contribution in [-0.4, -0.2) is 27.6 Å². The van der Waals surface area contributed by atoms with E-state index in [0.29, 0.717) is 5.56 Å². The van der Waals surface area contributed by atoms with E-state index < -0.39 is 15.9 Å². The Hall–Kier alpha value is -1.17. The van der Waals surface area contributed by atoms with Gasteiger partial charge in [0.15, 0.2) is 0 Å². The molecule has 1 rings (SSSR count). The molecule has 8 heteroatoms. The van der Waals surface area contributed by atoms with Gasteiger partial charge in [-0.1, -0.05) is 46.9 Å². The van der Waals surface area contributed by atoms with Crippen molar-refractivity contribution in [3.8, 4) is 0 Å². The summed E-state index contributed by atoms with van der Waals surface area (Å²) in [5, 5.41) is 11.2. The highest BCUT2D eigenvalue weighted by atomic mass is 35.6. The second-order valence-corrected chi connectivity index (χ2v) is 6.07. The number of amides is 1. The van der Waals surface area contributed by atoms with Crippen LogP contribution in [0.25, 0.3) is 0 Å². The molecule has 19 heavy (non-hydrogen) atoms. The fraction of sp³-hybridized carbons (Fsp3) is 0.273. The number of carbonyl (C=O) groups excluding carboxylic acids is 1. The molecule has 0 radical (unpaired) electrons. The fourth-order valence-corrected chi connectivity index (χ4v) is 1.35. The highest BCUT2D eigenvalue weighted by Crippen LogP contribution is 2.25. The summed E-state index contributed by atoms with van der Waals surface area (Å²) in [6, 6.07) is 6.14. The molecule has 0 atom stereocenters. The van der Waals surface area contributed by atoms with Crippen LogP contribution in [0.5, 0.6) is 0 Å². The number of benzene rings is 1. The van der Waals surface area contributed by atoms with Gasteiger partial charge in [0.2, 0.25) is 3.79 Å². The van der Waals surface area contributed by atoms with Gasteiger partial charge in [-0.3, -0.25) is 0 Å². The number of rotatable bonds is 4. The maximum absolute atomic E-state index is 11.3. The van der Waals surface area contributed by atoms with Crippen molar-refractivity contribution in [1.29, 1.82) is 0 Å². The van der Waals surface area contributed by atoms with Crippen LogP contribution in [-0.2, 0) is 11.3 Å². The molecule has 0 bridgehead atoms. The molecule has 0 unspecified atom stereocenters. The van der Waals surface area contributed by atoms with Crippen LogP contribution in [0.15, 0.2) is 24.3 Å². The van der Waals surface area contributed by atoms with Crippen molar-refractivity contribution >= 4 is 46.9 Å². The third-order valence-electron chi connectivity index (χ3n) is 1.98. The zero-order valence-electron chi connectivity index (χ0n) is 9.53. The summed E-state index contributed by atoms with van der Waals surface area (Å²) >= 11 is 16.2. The quantitative estimate of drug-likeness (QED) is 0.834. The normalized spacial score (nSPS) is 10.9. The first-order valence-corrected chi connectivity index (χ1v) is 6.21. The molecule has 0 saturated carbocycles. The molecule has 2 N–H and O–H groups in total. The average Bonchev–Trinajstić information content (AvgIpc) is 2.33. The lowest BCUT2D eigenvalue weighted by molar-refractivity contribution is 0.0696. The van der Waals surface area contributed by atoms with Gasteiger partial charge >= 0.3 is 12.1 Å². The number of carbonyl (C=O) groups is 2. The Morgan fingerprint density at radius 3 is 2.58 bits per heavy atom. The molecule has 0 aliphatic rings. The minimum atomic E-state index is -1.67. The Morgan fingerprint density at radius 2 is 2.00 bits per heavy atom. The monoisotopic (exact) mass is 325 g/mol. The van der Waals surface area contributed by atoms with Crippen molar-refractivity contribution in [3.63, 3.8) is 0 Å². The van der Waals surface area contributed by atoms with Crippen LogP contribution in [0.1, 0.15) is 15.9 Å². The van der Waals surface area contributed by atoms with Crippen molar-refractivity contribution in [3.05, 3.63) is 35.4 Å². The molecule has 1 amide bonds. The van der Waals surface area contributed by atoms with Crippen LogP contribution in [0, 0.1) is 0 Å². The standard InChI is InChI=1S/C11H10Cl3NO4/c12-11(13,14)6-19-10(18)15-5-7-2-1-3-8(4-7)9(16)17/h1-4H,5-6H2,(H,15,18)(H,16,17). The Bertz CT molecular complexity index is 473. The van der Waals surface area contributed by atoms with Gasteiger partial charge in [-0.2, -0.15) is 0 Å². The number of hydrogen-bond donors (Lipinski definition) is 2. The van der Waals surface area contributed by atoms with Crippen molar-refractivity contribution in [2.45, 2.75) is 10.3 Å². The molecule has 0 saturated heterocycles. The van der Waals surface area contributed by atoms with Gasteiger partial charge in [-0.25, -0.2) is 9.59 Å². The Labute approximate surface area is 124 Å². The van der Waals surface area contributed by atoms with Crippen LogP contribution >= 0.6 is 34.8 Å². The number of carboxylic acid groups (broad SMARTS) is 1. The van der Waals surface area contributed by atoms with Gasteiger partial charge in [0, 0.05) is 6.54 Å². The van der Waals surface area contributed by atoms with E-state index in [1.54, 1.807) is 12.1 Å². The summed E-state index contributed by atoms with van der Waals surface area (Å²) in [7, 11) is 0. The number of ether oxygens (including phenoxy) is 1. The van der Waals surface area contributed by atoms with Crippen LogP contribution < -0.4 is 5.32 Å². The fourth-order valence-electron chi connectivity index (χ4n) is 1.19. The largest absolute Gasteiger partial charge is 0.478 e. The topological polar surface area (TPSA) is 75.6 Å². The van der Waals surface area contributed by atoms with E-state index in [2.05, 4.69) is 10.1 Å². The maximum atomic E-state index is 11.3. The first kappa shape index (κ1) is 15.9. The van der Waals surface area contributed by atoms with Crippen LogP contribution in [0.3, 0.4) is 0 Å². The molecule has 0 aliphatic heterocycles. The molecule has 1 aromatic rings. The molecule has 0 aromatic heterocycles. The summed E-state index contributed by atoms with van der Waals surface area (Å²) in [5.74, 6) is -1.04. The van der Waals surface area contributed by atoms with Crippen molar-refractivity contribution in [2.75, 3.05) is 6.61 Å². The van der Waals surface area contributed by atoms with E-state index in [1.165, 1.54) is 12.1 Å². The molecule has 0 aliphatic carbocycles. The molecule has 0 heterocycles. The van der Waals surface area contributed by atoms with Crippen LogP contribution in [0.4, 0.5) is 4.79 Å². The summed E-state index contributed by atoms with van der Waals surface area (Å²) in [6.45, 7) is -0.265. The summed E-state index contributed by atoms with van der Waals surface area (Å²) in [6.07, 6.45) is -0.757. The van der Waals surface area contributed by atoms with Gasteiger partial charge in [0.25, 0.3) is 0 Å². The highest BCUT2D eigenvalue weighted by molar-refractivity contribution is 6.67. The smallest absolute Gasteiger partial charge is 0.407 e. The van der Waals surface area contributed by atoms with E-state index in [0.717, 1.165) is 0 Å². The number of alkyl halides is 3. The zero-order chi connectivity index (χ0) is 14.5. The van der Waals surface area contributed by atoms with E-state index in [4.69, 9.17) is 39.9 Å². The molecular weight excluding hydrogens is 316 g/mol. The van der Waals surface area contributed by atoms with E-state index in [1.807, 2.05) is 0 Å². The van der Waals surface area contributed by atoms with Crippen molar-refractivity contribution < 1.29 is 19.4 Å². The number of alkyl carbamates (subject to hydrolysis) is 1. The molecule has 104 valence electrons. The lowest BCUT2D eigenvalue weighted by atomic mass is 10.1. The van der Waals surface area contributed by atoms with Crippen molar-refractivity contribution in [2.24, 2.45) is 0 Å². The molecule has 0 spiro atoms. The molecule has 1 aromatic carbocycles. The van der Waals surface area contributed by atoms with Gasteiger partial charge in [-0.15, -0.1) is 0 Å². The summed E-state index contributed by atoms with van der Waals surface area (Å²) in [5.41, 5.74) is 0.750. The van der Waals surface area contributed by atoms with E-state index in [-0.39, 0.29) is 18.7 Å². The number of aromatic carboxylic acids is 1. The van der Waals surface area contributed by atoms with Crippen LogP contribution in [0.2, 0.25) is 0 Å². The first-order chi connectivity index (χ1) is 8.78. The average molecular weight is 327 g/mol. The van der Waals surface area contributed by atoms with E-state index >= 15 is 0 Å². The molecular formula is C11H10Cl3NO4. The van der Waals surface area contributed by atoms with Gasteiger partial charge < -0.3 is 15.2 Å². The Morgan fingerprint density at radius 1 is 1.32 bits per heavy atom. The van der Waals surface area contributed by atoms with Gasteiger partial charge in [-0.05, 0) is 17.7 Å². The maximum Gasteiger partial charge on any atom is 0.407 e. The number of hydrogen-bond acceptors (Lipinski definition) is 3. The second-order valence-electron chi connectivity index (χ2n) is 3.55. The summed E-state index contributed by atoms with van der Waals surface area (Å²) in [4.78, 5) is 22.0. The predicted octanol–water partition coefficient (Wildman–Crippen LogP) is 2.98. The third kappa shape index (κ3) is 6.52. The SMILES string of the molecule is O=C(NCc1cccc(C(=O)O)c1)OCC(Cl)(Cl)Cl. The predicted molar refractivity (Wildman–Crippen MR) is 71.9 cm³/mol. The minimum absolute atomic E-state index is 0.111. The van der Waals surface area contributed by atoms with Gasteiger partial charge in [0.05, 0.1) is 5.56 Å². The highest BCUT2D eigenvalue weighted by Gasteiger charge is 2.21. The molecule has 5 nitrogen and oxygen atoms in total. The zero-order valence-corrected chi connectivity index (χ0v) is 11.8. The summed E-state index contributed by atoms with van der Waals surface area (Å²) < 4.78 is 2.98. The Balaban J connectivity index is 2.46. The molecule has 0 fully saturated rings. The number of nitrogens with one attached hydrogen (secondary N) is 1. The van der Waals surface area contributed by atoms with E-state index in [9.17, 15) is 9.59 Å². The van der Waals surface area contributed by atoms with Gasteiger partial charge in [0.1, 0.15) is 6.61 Å². The Kier molecular flexibility index (Phi) is 5.72. The number of halogens is 3. The number of carboxylic acids is 1.